The number of piperazine rings is 1. The fraction of sp³-hybridized carbons (Fsp3) is 0.316. The Hall–Kier alpha value is -2.89. The van der Waals surface area contributed by atoms with E-state index >= 15 is 0 Å². The SMILES string of the molecule is [3H]Oc1ccc(N2CCN(c3ccc(N(C)C(=O)NC)cc3)CC2)cc1. The Morgan fingerprint density at radius 1 is 1.00 bits per heavy atom. The van der Waals surface area contributed by atoms with E-state index in [2.05, 4.69) is 32.4 Å². The van der Waals surface area contributed by atoms with Crippen LogP contribution in [0.3, 0.4) is 0 Å². The monoisotopic (exact) mass is 342 g/mol. The number of urea groups is 1. The first-order chi connectivity index (χ1) is 12.6. The van der Waals surface area contributed by atoms with Crippen LogP contribution in [0.2, 0.25) is 0 Å². The van der Waals surface area contributed by atoms with E-state index in [1.807, 2.05) is 36.4 Å². The zero-order chi connectivity index (χ0) is 18.5. The second-order valence-corrected chi connectivity index (χ2v) is 6.10. The molecule has 0 aliphatic carbocycles. The number of nitrogens with zero attached hydrogens (tertiary/aromatic N) is 3. The number of amides is 2. The summed E-state index contributed by atoms with van der Waals surface area (Å²) >= 11 is 0. The predicted octanol–water partition coefficient (Wildman–Crippen LogP) is 2.49. The number of anilines is 3. The molecule has 2 aromatic carbocycles. The van der Waals surface area contributed by atoms with Crippen molar-refractivity contribution in [2.45, 2.75) is 0 Å². The average molecular weight is 342 g/mol. The van der Waals surface area contributed by atoms with Gasteiger partial charge in [0, 0.05) is 57.3 Å². The summed E-state index contributed by atoms with van der Waals surface area (Å²) in [5.41, 5.74) is 3.17. The summed E-state index contributed by atoms with van der Waals surface area (Å²) in [6.07, 6.45) is 0. The van der Waals surface area contributed by atoms with Crippen molar-refractivity contribution in [2.24, 2.45) is 0 Å². The fourth-order valence-corrected chi connectivity index (χ4v) is 3.05. The molecule has 1 aliphatic rings. The lowest BCUT2D eigenvalue weighted by atomic mass is 10.2. The van der Waals surface area contributed by atoms with Gasteiger partial charge in [0.2, 0.25) is 0 Å². The number of benzene rings is 2. The number of nitrogens with one attached hydrogen (secondary N) is 1. The summed E-state index contributed by atoms with van der Waals surface area (Å²) in [5.74, 6) is 0.550. The highest BCUT2D eigenvalue weighted by molar-refractivity contribution is 5.91. The van der Waals surface area contributed by atoms with E-state index in [9.17, 15) is 4.79 Å². The highest BCUT2D eigenvalue weighted by Crippen LogP contribution is 2.24. The molecule has 1 saturated heterocycles. The number of hydrogen-bond donors (Lipinski definition) is 2. The molecule has 0 saturated carbocycles. The number of phenolic OH excluding ortho intramolecular Hbond substituents is 1. The molecule has 3 rings (SSSR count). The first-order valence-electron chi connectivity index (χ1n) is 8.82. The van der Waals surface area contributed by atoms with E-state index in [4.69, 9.17) is 1.43 Å². The van der Waals surface area contributed by atoms with Crippen LogP contribution in [0.25, 0.3) is 0 Å². The van der Waals surface area contributed by atoms with Gasteiger partial charge in [-0.15, -0.1) is 0 Å². The second kappa shape index (κ2) is 7.34. The summed E-state index contributed by atoms with van der Waals surface area (Å²) in [5, 5.41) is 7.10. The van der Waals surface area contributed by atoms with E-state index in [1.165, 1.54) is 0 Å². The van der Waals surface area contributed by atoms with Crippen molar-refractivity contribution < 1.29 is 9.90 Å². The van der Waals surface area contributed by atoms with Crippen molar-refractivity contribution in [3.05, 3.63) is 48.5 Å². The minimum absolute atomic E-state index is 0.131. The Morgan fingerprint density at radius 2 is 1.48 bits per heavy atom. The second-order valence-electron chi connectivity index (χ2n) is 6.10. The number of carbonyl (C=O) groups excluding carboxylic acids is 1. The van der Waals surface area contributed by atoms with Gasteiger partial charge in [0.1, 0.15) is 5.75 Å². The van der Waals surface area contributed by atoms with Gasteiger partial charge in [0.05, 0.1) is 0 Å². The smallest absolute Gasteiger partial charge is 0.321 e. The van der Waals surface area contributed by atoms with Gasteiger partial charge >= 0.3 is 6.03 Å². The molecule has 0 aromatic heterocycles. The number of phenols is 1. The number of carbonyl (C=O) groups is 1. The Morgan fingerprint density at radius 3 is 1.92 bits per heavy atom. The standard InChI is InChI=1S/C19H24N4O2/c1-20-19(25)21(2)15-3-5-16(6-4-15)22-11-13-23(14-12-22)17-7-9-18(24)10-8-17/h3-10,24H,11-14H2,1-2H3,(H,20,25)/i/hT. The maximum atomic E-state index is 11.7. The molecular weight excluding hydrogens is 316 g/mol. The zero-order valence-corrected chi connectivity index (χ0v) is 14.6. The van der Waals surface area contributed by atoms with Gasteiger partial charge in [0.15, 0.2) is 0 Å². The van der Waals surface area contributed by atoms with Crippen LogP contribution in [0, 0.1) is 0 Å². The van der Waals surface area contributed by atoms with Crippen molar-refractivity contribution in [1.29, 1.82) is 1.43 Å². The molecule has 0 radical (unpaired) electrons. The maximum Gasteiger partial charge on any atom is 0.321 e. The van der Waals surface area contributed by atoms with Gasteiger partial charge < -0.3 is 20.2 Å². The van der Waals surface area contributed by atoms with Crippen LogP contribution in [-0.4, -0.2) is 52.8 Å². The Balaban J connectivity index is 1.60. The van der Waals surface area contributed by atoms with E-state index in [-0.39, 0.29) is 6.03 Å². The summed E-state index contributed by atoms with van der Waals surface area (Å²) in [6.45, 7) is 3.73. The largest absolute Gasteiger partial charge is 0.508 e. The van der Waals surface area contributed by atoms with Crippen LogP contribution < -0.4 is 20.0 Å². The molecule has 6 nitrogen and oxygen atoms in total. The van der Waals surface area contributed by atoms with E-state index in [0.717, 1.165) is 43.2 Å². The van der Waals surface area contributed by atoms with Crippen molar-refractivity contribution in [2.75, 3.05) is 55.0 Å². The van der Waals surface area contributed by atoms with Crippen LogP contribution in [0.15, 0.2) is 48.5 Å². The summed E-state index contributed by atoms with van der Waals surface area (Å²) in [7, 11) is 3.38. The van der Waals surface area contributed by atoms with Crippen LogP contribution in [0.5, 0.6) is 5.75 Å². The molecule has 2 N–H and O–H groups in total. The van der Waals surface area contributed by atoms with Gasteiger partial charge in [-0.1, -0.05) is 0 Å². The van der Waals surface area contributed by atoms with Gasteiger partial charge in [-0.3, -0.25) is 4.90 Å². The van der Waals surface area contributed by atoms with Gasteiger partial charge in [0.25, 0.3) is 1.43 Å². The van der Waals surface area contributed by atoms with E-state index < -0.39 is 0 Å². The molecule has 25 heavy (non-hydrogen) atoms. The van der Waals surface area contributed by atoms with Gasteiger partial charge in [-0.25, -0.2) is 4.79 Å². The molecular formula is C19H24N4O2. The third-order valence-corrected chi connectivity index (χ3v) is 4.60. The van der Waals surface area contributed by atoms with Crippen LogP contribution in [0.1, 0.15) is 0 Å². The molecule has 0 unspecified atom stereocenters. The molecule has 0 atom stereocenters. The summed E-state index contributed by atoms with van der Waals surface area (Å²) in [6, 6.07) is 15.5. The first-order valence-corrected chi connectivity index (χ1v) is 8.41. The highest BCUT2D eigenvalue weighted by atomic mass is 16.3. The van der Waals surface area contributed by atoms with Crippen molar-refractivity contribution in [1.82, 2.24) is 5.32 Å². The summed E-state index contributed by atoms with van der Waals surface area (Å²) in [4.78, 5) is 18.0. The minimum Gasteiger partial charge on any atom is -0.508 e. The van der Waals surface area contributed by atoms with Gasteiger partial charge in [-0.2, -0.15) is 0 Å². The first kappa shape index (κ1) is 15.6. The Bertz CT molecular complexity index is 728. The quantitative estimate of drug-likeness (QED) is 0.896. The number of hydrogen-bond acceptors (Lipinski definition) is 4. The minimum atomic E-state index is -0.131. The maximum absolute atomic E-state index is 11.7. The molecule has 1 fully saturated rings. The Kier molecular flexibility index (Phi) is 4.59. The third-order valence-electron chi connectivity index (χ3n) is 4.60. The Labute approximate surface area is 149 Å². The molecule has 0 spiro atoms. The van der Waals surface area contributed by atoms with Crippen LogP contribution in [-0.2, 0) is 0 Å². The molecule has 1 heterocycles. The van der Waals surface area contributed by atoms with Crippen LogP contribution in [0.4, 0.5) is 21.9 Å². The molecule has 132 valence electrons. The topological polar surface area (TPSA) is 59.1 Å². The predicted molar refractivity (Wildman–Crippen MR) is 102 cm³/mol. The highest BCUT2D eigenvalue weighted by Gasteiger charge is 2.18. The summed E-state index contributed by atoms with van der Waals surface area (Å²) < 4.78 is 6.91. The molecule has 2 aromatic rings. The van der Waals surface area contributed by atoms with E-state index in [0.29, 0.717) is 5.75 Å². The lowest BCUT2D eigenvalue weighted by Crippen LogP contribution is -2.46. The fourth-order valence-electron chi connectivity index (χ4n) is 3.05. The van der Waals surface area contributed by atoms with Gasteiger partial charge in [-0.05, 0) is 48.5 Å². The molecule has 1 aliphatic heterocycles. The normalized spacial score (nSPS) is 14.7. The molecule has 6 heteroatoms. The number of aromatic hydroxyl groups is 1. The van der Waals surface area contributed by atoms with E-state index in [1.54, 1.807) is 19.0 Å². The lowest BCUT2D eigenvalue weighted by Gasteiger charge is -2.37. The average Bonchev–Trinajstić information content (AvgIpc) is 2.73. The molecule has 0 bridgehead atoms. The third kappa shape index (κ3) is 3.79. The molecule has 2 amide bonds. The number of rotatable bonds is 4. The van der Waals surface area contributed by atoms with Crippen molar-refractivity contribution in [3.8, 4) is 5.75 Å². The lowest BCUT2D eigenvalue weighted by molar-refractivity contribution is 0.249. The van der Waals surface area contributed by atoms with Crippen molar-refractivity contribution >= 4 is 23.1 Å². The zero-order valence-electron chi connectivity index (χ0n) is 15.6. The van der Waals surface area contributed by atoms with Crippen molar-refractivity contribution in [3.63, 3.8) is 0 Å². The van der Waals surface area contributed by atoms with Crippen LogP contribution >= 0.6 is 0 Å².